The molecule has 1 saturated carbocycles. The molecule has 0 radical (unpaired) electrons. The zero-order chi connectivity index (χ0) is 30.1. The van der Waals surface area contributed by atoms with Gasteiger partial charge in [-0.05, 0) is 48.7 Å². The maximum absolute atomic E-state index is 13.8. The zero-order valence-electron chi connectivity index (χ0n) is 23.2. The normalized spacial score (nSPS) is 14.8. The van der Waals surface area contributed by atoms with Gasteiger partial charge in [0.1, 0.15) is 17.6 Å². The Hall–Kier alpha value is -3.03. The largest absolute Gasteiger partial charge is 1.00 e. The van der Waals surface area contributed by atoms with Gasteiger partial charge in [-0.15, -0.1) is 11.3 Å². The number of methoxy groups -OCH3 is 1. The van der Waals surface area contributed by atoms with Gasteiger partial charge in [0.2, 0.25) is 0 Å². The molecule has 43 heavy (non-hydrogen) atoms. The van der Waals surface area contributed by atoms with Crippen LogP contribution in [0.3, 0.4) is 0 Å². The fourth-order valence-corrected chi connectivity index (χ4v) is 5.92. The maximum atomic E-state index is 13.8. The van der Waals surface area contributed by atoms with E-state index >= 15 is 0 Å². The topological polar surface area (TPSA) is 120 Å². The van der Waals surface area contributed by atoms with Crippen molar-refractivity contribution < 1.29 is 67.2 Å². The second-order valence-electron chi connectivity index (χ2n) is 9.97. The molecule has 0 N–H and O–H groups in total. The quantitative estimate of drug-likeness (QED) is 0.180. The van der Waals surface area contributed by atoms with E-state index in [2.05, 4.69) is 4.98 Å². The van der Waals surface area contributed by atoms with E-state index < -0.39 is 36.3 Å². The average Bonchev–Trinajstić information content (AvgIpc) is 3.36. The molecule has 1 aliphatic rings. The van der Waals surface area contributed by atoms with Gasteiger partial charge in [-0.1, -0.05) is 23.7 Å². The number of carboxylic acid groups (broad SMARTS) is 1. The first-order chi connectivity index (χ1) is 20.0. The van der Waals surface area contributed by atoms with Crippen LogP contribution in [0.5, 0.6) is 11.5 Å². The minimum absolute atomic E-state index is 0. The molecule has 9 nitrogen and oxygen atoms in total. The van der Waals surface area contributed by atoms with Crippen molar-refractivity contribution >= 4 is 45.1 Å². The van der Waals surface area contributed by atoms with Gasteiger partial charge in [-0.25, -0.2) is 13.8 Å². The molecule has 0 atom stereocenters. The van der Waals surface area contributed by atoms with Crippen LogP contribution in [0, 0.1) is 0 Å². The van der Waals surface area contributed by atoms with Crippen LogP contribution in [0.2, 0.25) is 5.02 Å². The van der Waals surface area contributed by atoms with Gasteiger partial charge in [0.25, 0.3) is 11.5 Å². The number of thiophene rings is 1. The van der Waals surface area contributed by atoms with E-state index in [0.717, 1.165) is 10.4 Å². The molecule has 1 aliphatic carbocycles. The number of esters is 1. The molecule has 0 amide bonds. The summed E-state index contributed by atoms with van der Waals surface area (Å²) < 4.78 is 46.0. The first-order valence-electron chi connectivity index (χ1n) is 12.9. The number of ether oxygens (including phenoxy) is 3. The Kier molecular flexibility index (Phi) is 10.2. The van der Waals surface area contributed by atoms with Crippen molar-refractivity contribution in [1.82, 2.24) is 9.55 Å². The molecule has 0 spiro atoms. The molecule has 2 heterocycles. The number of aliphatic carboxylic acids is 1. The number of benzene rings is 2. The number of rotatable bonds is 11. The molecule has 2 aromatic heterocycles. The molecule has 14 heteroatoms. The Bertz CT molecular complexity index is 1700. The van der Waals surface area contributed by atoms with Crippen molar-refractivity contribution in [3.05, 3.63) is 70.2 Å². The van der Waals surface area contributed by atoms with Crippen LogP contribution in [0.1, 0.15) is 32.1 Å². The molecular formula is C29H24ClF2N2NaO7S. The van der Waals surface area contributed by atoms with E-state index in [-0.39, 0.29) is 72.5 Å². The van der Waals surface area contributed by atoms with Gasteiger partial charge in [0, 0.05) is 28.4 Å². The zero-order valence-corrected chi connectivity index (χ0v) is 26.8. The Morgan fingerprint density at radius 1 is 1.09 bits per heavy atom. The van der Waals surface area contributed by atoms with E-state index in [1.165, 1.54) is 35.4 Å². The van der Waals surface area contributed by atoms with Crippen LogP contribution in [-0.2, 0) is 14.3 Å². The van der Waals surface area contributed by atoms with Crippen LogP contribution in [0.4, 0.5) is 8.78 Å². The predicted octanol–water partition coefficient (Wildman–Crippen LogP) is 1.79. The molecule has 0 bridgehead atoms. The van der Waals surface area contributed by atoms with Gasteiger partial charge < -0.3 is 24.1 Å². The van der Waals surface area contributed by atoms with Crippen LogP contribution in [-0.4, -0.2) is 46.7 Å². The third kappa shape index (κ3) is 7.55. The summed E-state index contributed by atoms with van der Waals surface area (Å²) >= 11 is 7.29. The molecule has 0 unspecified atom stereocenters. The number of nitrogens with zero attached hydrogens (tertiary/aromatic N) is 2. The number of carbonyl (C=O) groups is 2. The fourth-order valence-electron chi connectivity index (χ4n) is 4.75. The van der Waals surface area contributed by atoms with Crippen molar-refractivity contribution in [2.75, 3.05) is 13.7 Å². The number of halogens is 3. The number of carboxylic acids is 1. The van der Waals surface area contributed by atoms with Crippen molar-refractivity contribution in [2.45, 2.75) is 43.6 Å². The van der Waals surface area contributed by atoms with Gasteiger partial charge in [0.05, 0.1) is 31.2 Å². The Labute approximate surface area is 275 Å². The third-order valence-corrected chi connectivity index (χ3v) is 8.15. The second kappa shape index (κ2) is 13.3. The van der Waals surface area contributed by atoms with E-state index in [0.29, 0.717) is 20.9 Å². The standard InChI is InChI=1S/C29H25ClF2N2O7S.Na/c1-39-22-11-19(34-16-33-20-12-23(42-26(20)27(34)38)17-5-7-18(30)8-6-17)9-10-21(22)40-15-28(13-29(31,32)14-28)41-25(37)4-2-3-24(35)36;/h5-12,16H,2-4,13-15H2,1H3,(H,35,36);/q;+1/p-1. The summed E-state index contributed by atoms with van der Waals surface area (Å²) in [5, 5.41) is 11.2. The molecule has 0 aliphatic heterocycles. The Morgan fingerprint density at radius 2 is 1.81 bits per heavy atom. The summed E-state index contributed by atoms with van der Waals surface area (Å²) in [6.45, 7) is -0.374. The third-order valence-electron chi connectivity index (χ3n) is 6.74. The number of hydrogen-bond acceptors (Lipinski definition) is 9. The molecule has 5 rings (SSSR count). The van der Waals surface area contributed by atoms with Gasteiger partial charge in [-0.2, -0.15) is 0 Å². The summed E-state index contributed by atoms with van der Waals surface area (Å²) in [4.78, 5) is 41.4. The Morgan fingerprint density at radius 3 is 2.47 bits per heavy atom. The molecule has 220 valence electrons. The van der Waals surface area contributed by atoms with Crippen molar-refractivity contribution in [3.8, 4) is 27.6 Å². The summed E-state index contributed by atoms with van der Waals surface area (Å²) in [5.41, 5.74) is 0.0293. The first-order valence-corrected chi connectivity index (χ1v) is 14.0. The average molecular weight is 641 g/mol. The van der Waals surface area contributed by atoms with Crippen LogP contribution in [0.25, 0.3) is 26.3 Å². The SMILES string of the molecule is COc1cc(-n2cnc3cc(-c4ccc(Cl)cc4)sc3c2=O)ccc1OCC1(OC(=O)CCCC(=O)[O-])CC(F)(F)C1.[Na+]. The second-order valence-corrected chi connectivity index (χ2v) is 11.5. The van der Waals surface area contributed by atoms with E-state index in [9.17, 15) is 28.3 Å². The van der Waals surface area contributed by atoms with Gasteiger partial charge in [-0.3, -0.25) is 14.2 Å². The molecule has 2 aromatic carbocycles. The summed E-state index contributed by atoms with van der Waals surface area (Å²) in [5.74, 6) is -4.73. The van der Waals surface area contributed by atoms with Crippen LogP contribution in [0.15, 0.2) is 59.7 Å². The minimum Gasteiger partial charge on any atom is -0.550 e. The predicted molar refractivity (Wildman–Crippen MR) is 150 cm³/mol. The monoisotopic (exact) mass is 640 g/mol. The van der Waals surface area contributed by atoms with E-state index in [1.54, 1.807) is 24.3 Å². The first kappa shape index (κ1) is 32.9. The van der Waals surface area contributed by atoms with Crippen LogP contribution < -0.4 is 49.7 Å². The summed E-state index contributed by atoms with van der Waals surface area (Å²) in [7, 11) is 1.39. The smallest absolute Gasteiger partial charge is 0.550 e. The van der Waals surface area contributed by atoms with E-state index in [1.807, 2.05) is 18.2 Å². The fraction of sp³-hybridized carbons (Fsp3) is 0.310. The molecule has 4 aromatic rings. The van der Waals surface area contributed by atoms with Crippen molar-refractivity contribution in [2.24, 2.45) is 0 Å². The Balaban J connectivity index is 0.00000423. The summed E-state index contributed by atoms with van der Waals surface area (Å²) in [6.07, 6.45) is -0.682. The van der Waals surface area contributed by atoms with Gasteiger partial charge in [0.15, 0.2) is 17.1 Å². The number of aromatic nitrogens is 2. The summed E-state index contributed by atoms with van der Waals surface area (Å²) in [6, 6.07) is 13.8. The minimum atomic E-state index is -3.02. The number of carbonyl (C=O) groups excluding carboxylic acids is 2. The molecule has 1 fully saturated rings. The van der Waals surface area contributed by atoms with Crippen LogP contribution >= 0.6 is 22.9 Å². The van der Waals surface area contributed by atoms with Gasteiger partial charge >= 0.3 is 35.5 Å². The maximum Gasteiger partial charge on any atom is 1.00 e. The molecular weight excluding hydrogens is 617 g/mol. The number of alkyl halides is 2. The van der Waals surface area contributed by atoms with E-state index in [4.69, 9.17) is 25.8 Å². The number of fused-ring (bicyclic) bond motifs is 1. The van der Waals surface area contributed by atoms with Crippen molar-refractivity contribution in [1.29, 1.82) is 0 Å². The van der Waals surface area contributed by atoms with Crippen molar-refractivity contribution in [3.63, 3.8) is 0 Å². The molecule has 0 saturated heterocycles. The number of hydrogen-bond donors (Lipinski definition) is 0.